The smallest absolute Gasteiger partial charge is 0.410 e. The Labute approximate surface area is 220 Å². The van der Waals surface area contributed by atoms with E-state index >= 15 is 0 Å². The second-order valence-electron chi connectivity index (χ2n) is 10.1. The zero-order chi connectivity index (χ0) is 26.9. The summed E-state index contributed by atoms with van der Waals surface area (Å²) < 4.78 is 16.9. The molecule has 0 radical (unpaired) electrons. The molecule has 38 heavy (non-hydrogen) atoms. The second kappa shape index (κ2) is 10.2. The topological polar surface area (TPSA) is 114 Å². The number of nitrogens with one attached hydrogen (secondary N) is 1. The third-order valence-electron chi connectivity index (χ3n) is 6.24. The van der Waals surface area contributed by atoms with Crippen LogP contribution in [0.5, 0.6) is 0 Å². The predicted octanol–water partition coefficient (Wildman–Crippen LogP) is 5.12. The minimum atomic E-state index is -0.542. The van der Waals surface area contributed by atoms with Crippen LogP contribution in [-0.4, -0.2) is 70.5 Å². The van der Waals surface area contributed by atoms with E-state index in [1.165, 1.54) is 0 Å². The zero-order valence-electron chi connectivity index (χ0n) is 22.0. The molecule has 5 rings (SSSR count). The third kappa shape index (κ3) is 5.20. The van der Waals surface area contributed by atoms with Gasteiger partial charge in [0.05, 0.1) is 18.3 Å². The van der Waals surface area contributed by atoms with Gasteiger partial charge < -0.3 is 23.7 Å². The van der Waals surface area contributed by atoms with E-state index in [4.69, 9.17) is 13.9 Å². The summed E-state index contributed by atoms with van der Waals surface area (Å²) in [5, 5.41) is 7.89. The summed E-state index contributed by atoms with van der Waals surface area (Å²) in [6.45, 7) is 10.1. The van der Waals surface area contributed by atoms with Crippen LogP contribution in [0.1, 0.15) is 38.2 Å². The Balaban J connectivity index is 1.37. The molecular weight excluding hydrogens is 486 g/mol. The molecule has 1 N–H and O–H groups in total. The molecule has 0 spiro atoms. The lowest BCUT2D eigenvalue weighted by molar-refractivity contribution is 0.0240. The maximum atomic E-state index is 12.8. The highest BCUT2D eigenvalue weighted by atomic mass is 16.6. The number of piperazine rings is 1. The number of carbonyl (C=O) groups is 2. The van der Waals surface area contributed by atoms with Crippen molar-refractivity contribution in [3.05, 3.63) is 54.4 Å². The number of ether oxygens (including phenoxy) is 2. The van der Waals surface area contributed by atoms with E-state index in [-0.39, 0.29) is 18.4 Å². The Morgan fingerprint density at radius 2 is 1.79 bits per heavy atom. The van der Waals surface area contributed by atoms with Crippen LogP contribution in [0.2, 0.25) is 0 Å². The molecule has 1 saturated heterocycles. The maximum absolute atomic E-state index is 12.8. The number of aromatic amines is 1. The SMILES string of the molecule is CCOC(=O)c1nc(-c2cccc3[nH]ncc23)oc1-c1ccc(N2CCN(C(=O)OC(C)(C)C)CC2)cc1. The average molecular weight is 518 g/mol. The lowest BCUT2D eigenvalue weighted by Crippen LogP contribution is -2.50. The monoisotopic (exact) mass is 517 g/mol. The second-order valence-corrected chi connectivity index (χ2v) is 10.1. The van der Waals surface area contributed by atoms with E-state index in [0.717, 1.165) is 22.2 Å². The first-order chi connectivity index (χ1) is 18.2. The Kier molecular flexibility index (Phi) is 6.79. The lowest BCUT2D eigenvalue weighted by atomic mass is 10.1. The number of H-pyrrole nitrogens is 1. The number of aromatic nitrogens is 3. The van der Waals surface area contributed by atoms with Crippen LogP contribution in [-0.2, 0) is 9.47 Å². The molecule has 4 aromatic rings. The first-order valence-corrected chi connectivity index (χ1v) is 12.7. The van der Waals surface area contributed by atoms with Crippen LogP contribution in [0.25, 0.3) is 33.7 Å². The highest BCUT2D eigenvalue weighted by molar-refractivity contribution is 5.97. The molecule has 1 aliphatic rings. The van der Waals surface area contributed by atoms with Crippen molar-refractivity contribution in [3.8, 4) is 22.8 Å². The molecule has 0 atom stereocenters. The summed E-state index contributed by atoms with van der Waals surface area (Å²) in [5.41, 5.74) is 2.91. The molecule has 1 aliphatic heterocycles. The standard InChI is InChI=1S/C28H31N5O5/c1-5-36-26(34)23-24(37-25(30-23)20-7-6-8-22-21(20)17-29-31-22)18-9-11-19(12-10-18)32-13-15-33(16-14-32)27(35)38-28(2,3)4/h6-12,17H,5,13-16H2,1-4H3,(H,29,31). The van der Waals surface area contributed by atoms with Gasteiger partial charge in [0.1, 0.15) is 5.60 Å². The van der Waals surface area contributed by atoms with Gasteiger partial charge in [-0.2, -0.15) is 5.10 Å². The summed E-state index contributed by atoms with van der Waals surface area (Å²) >= 11 is 0. The number of rotatable bonds is 5. The van der Waals surface area contributed by atoms with E-state index in [0.29, 0.717) is 43.4 Å². The van der Waals surface area contributed by atoms with Gasteiger partial charge in [-0.1, -0.05) is 6.07 Å². The number of amides is 1. The van der Waals surface area contributed by atoms with E-state index in [1.807, 2.05) is 63.2 Å². The quantitative estimate of drug-likeness (QED) is 0.363. The summed E-state index contributed by atoms with van der Waals surface area (Å²) in [6, 6.07) is 13.4. The number of hydrogen-bond donors (Lipinski definition) is 1. The highest BCUT2D eigenvalue weighted by Crippen LogP contribution is 2.34. The fraction of sp³-hybridized carbons (Fsp3) is 0.357. The molecule has 1 amide bonds. The van der Waals surface area contributed by atoms with Crippen molar-refractivity contribution in [2.24, 2.45) is 0 Å². The van der Waals surface area contributed by atoms with Crippen LogP contribution in [0.4, 0.5) is 10.5 Å². The number of benzene rings is 2. The van der Waals surface area contributed by atoms with Gasteiger partial charge in [-0.25, -0.2) is 14.6 Å². The van der Waals surface area contributed by atoms with Crippen molar-refractivity contribution in [3.63, 3.8) is 0 Å². The van der Waals surface area contributed by atoms with Crippen molar-refractivity contribution < 1.29 is 23.5 Å². The number of oxazole rings is 1. The lowest BCUT2D eigenvalue weighted by Gasteiger charge is -2.36. The highest BCUT2D eigenvalue weighted by Gasteiger charge is 2.27. The van der Waals surface area contributed by atoms with Crippen LogP contribution in [0, 0.1) is 0 Å². The Morgan fingerprint density at radius 3 is 2.47 bits per heavy atom. The third-order valence-corrected chi connectivity index (χ3v) is 6.24. The van der Waals surface area contributed by atoms with Gasteiger partial charge in [0, 0.05) is 48.4 Å². The molecule has 0 saturated carbocycles. The molecule has 0 bridgehead atoms. The summed E-state index contributed by atoms with van der Waals surface area (Å²) in [4.78, 5) is 33.6. The number of carbonyl (C=O) groups excluding carboxylic acids is 2. The van der Waals surface area contributed by atoms with Gasteiger partial charge >= 0.3 is 12.1 Å². The normalized spacial score (nSPS) is 14.1. The maximum Gasteiger partial charge on any atom is 0.410 e. The average Bonchev–Trinajstić information content (AvgIpc) is 3.56. The summed E-state index contributed by atoms with van der Waals surface area (Å²) in [7, 11) is 0. The first-order valence-electron chi connectivity index (χ1n) is 12.7. The zero-order valence-corrected chi connectivity index (χ0v) is 22.0. The minimum Gasteiger partial charge on any atom is -0.461 e. The van der Waals surface area contributed by atoms with Crippen molar-refractivity contribution in [2.75, 3.05) is 37.7 Å². The molecule has 2 aromatic carbocycles. The summed E-state index contributed by atoms with van der Waals surface area (Å²) in [6.07, 6.45) is 1.42. The summed E-state index contributed by atoms with van der Waals surface area (Å²) in [5.74, 6) is 0.122. The molecule has 10 nitrogen and oxygen atoms in total. The van der Waals surface area contributed by atoms with Gasteiger partial charge in [-0.15, -0.1) is 0 Å². The predicted molar refractivity (Wildman–Crippen MR) is 143 cm³/mol. The molecule has 0 unspecified atom stereocenters. The van der Waals surface area contributed by atoms with E-state index in [9.17, 15) is 9.59 Å². The fourth-order valence-electron chi connectivity index (χ4n) is 4.42. The van der Waals surface area contributed by atoms with E-state index in [1.54, 1.807) is 18.0 Å². The van der Waals surface area contributed by atoms with Gasteiger partial charge in [-0.05, 0) is 64.1 Å². The number of nitrogens with zero attached hydrogens (tertiary/aromatic N) is 4. The van der Waals surface area contributed by atoms with Gasteiger partial charge in [0.25, 0.3) is 0 Å². The molecule has 1 fully saturated rings. The van der Waals surface area contributed by atoms with Gasteiger partial charge in [0.15, 0.2) is 11.5 Å². The fourth-order valence-corrected chi connectivity index (χ4v) is 4.42. The van der Waals surface area contributed by atoms with Crippen molar-refractivity contribution in [1.82, 2.24) is 20.1 Å². The van der Waals surface area contributed by atoms with Crippen LogP contribution in [0.15, 0.2) is 53.1 Å². The number of hydrogen-bond acceptors (Lipinski definition) is 8. The Hall–Kier alpha value is -4.34. The van der Waals surface area contributed by atoms with Crippen LogP contribution >= 0.6 is 0 Å². The van der Waals surface area contributed by atoms with Crippen molar-refractivity contribution in [2.45, 2.75) is 33.3 Å². The number of esters is 1. The van der Waals surface area contributed by atoms with Crippen molar-refractivity contribution >= 4 is 28.7 Å². The first kappa shape index (κ1) is 25.3. The van der Waals surface area contributed by atoms with Crippen molar-refractivity contribution in [1.29, 1.82) is 0 Å². The molecule has 198 valence electrons. The Bertz CT molecular complexity index is 1440. The van der Waals surface area contributed by atoms with E-state index in [2.05, 4.69) is 20.1 Å². The van der Waals surface area contributed by atoms with Crippen LogP contribution < -0.4 is 4.90 Å². The molecule has 0 aliphatic carbocycles. The molecule has 3 heterocycles. The minimum absolute atomic E-state index is 0.126. The number of fused-ring (bicyclic) bond motifs is 1. The van der Waals surface area contributed by atoms with Gasteiger partial charge in [-0.3, -0.25) is 5.10 Å². The molecule has 2 aromatic heterocycles. The molecular formula is C28H31N5O5. The Morgan fingerprint density at radius 1 is 1.05 bits per heavy atom. The van der Waals surface area contributed by atoms with Gasteiger partial charge in [0.2, 0.25) is 5.89 Å². The molecule has 10 heteroatoms. The van der Waals surface area contributed by atoms with Crippen LogP contribution in [0.3, 0.4) is 0 Å². The van der Waals surface area contributed by atoms with E-state index < -0.39 is 11.6 Å². The largest absolute Gasteiger partial charge is 0.461 e. The number of anilines is 1.